The van der Waals surface area contributed by atoms with E-state index in [-0.39, 0.29) is 5.82 Å². The van der Waals surface area contributed by atoms with Gasteiger partial charge in [-0.2, -0.15) is 5.10 Å². The van der Waals surface area contributed by atoms with Crippen molar-refractivity contribution >= 4 is 50.3 Å². The molecule has 0 amide bonds. The summed E-state index contributed by atoms with van der Waals surface area (Å²) in [6, 6.07) is 1.78. The van der Waals surface area contributed by atoms with E-state index < -0.39 is 11.7 Å². The van der Waals surface area contributed by atoms with Gasteiger partial charge in [-0.05, 0) is 55.3 Å². The molecule has 20 heavy (non-hydrogen) atoms. The Balaban J connectivity index is 2.60. The van der Waals surface area contributed by atoms with Crippen molar-refractivity contribution in [3.05, 3.63) is 21.1 Å². The summed E-state index contributed by atoms with van der Waals surface area (Å²) in [7, 11) is 0. The monoisotopic (exact) mass is 359 g/mol. The van der Waals surface area contributed by atoms with Crippen molar-refractivity contribution in [2.45, 2.75) is 33.3 Å². The van der Waals surface area contributed by atoms with Crippen molar-refractivity contribution in [3.63, 3.8) is 0 Å². The summed E-state index contributed by atoms with van der Waals surface area (Å²) < 4.78 is 6.95. The Hall–Kier alpha value is -1.27. The maximum absolute atomic E-state index is 12.1. The number of carbonyl (C=O) groups is 1. The highest BCUT2D eigenvalue weighted by atomic mass is 79.9. The Bertz CT molecular complexity index is 704. The number of ether oxygens (including phenoxy) is 1. The highest BCUT2D eigenvalue weighted by Gasteiger charge is 2.23. The standard InChI is InChI=1S/C13H15BrClN3O2/c1-6-5-7-8(9(14)10(6)15)11(16)18(17-7)12(19)20-13(2,3)4/h5H,16H2,1-4H3. The number of fused-ring (bicyclic) bond motifs is 1. The zero-order chi connectivity index (χ0) is 15.2. The maximum Gasteiger partial charge on any atom is 0.437 e. The number of anilines is 1. The lowest BCUT2D eigenvalue weighted by Crippen LogP contribution is -2.28. The van der Waals surface area contributed by atoms with Crippen molar-refractivity contribution in [1.29, 1.82) is 0 Å². The molecular formula is C13H15BrClN3O2. The van der Waals surface area contributed by atoms with E-state index in [0.29, 0.717) is 20.4 Å². The minimum atomic E-state index is -0.619. The lowest BCUT2D eigenvalue weighted by Gasteiger charge is -2.19. The van der Waals surface area contributed by atoms with E-state index in [4.69, 9.17) is 22.1 Å². The lowest BCUT2D eigenvalue weighted by atomic mass is 10.2. The zero-order valence-electron chi connectivity index (χ0n) is 11.6. The third-order valence-electron chi connectivity index (χ3n) is 2.63. The molecule has 2 N–H and O–H groups in total. The number of nitrogens with zero attached hydrogens (tertiary/aromatic N) is 2. The molecule has 0 saturated carbocycles. The second-order valence-corrected chi connectivity index (χ2v) is 6.66. The third kappa shape index (κ3) is 2.62. The Kier molecular flexibility index (Phi) is 3.73. The number of halogens is 2. The molecule has 7 heteroatoms. The molecule has 0 aliphatic heterocycles. The number of hydrogen-bond donors (Lipinski definition) is 1. The van der Waals surface area contributed by atoms with Crippen LogP contribution < -0.4 is 5.73 Å². The average Bonchev–Trinajstić information content (AvgIpc) is 2.61. The molecule has 0 fully saturated rings. The normalized spacial score (nSPS) is 11.9. The van der Waals surface area contributed by atoms with Crippen LogP contribution in [0.3, 0.4) is 0 Å². The van der Waals surface area contributed by atoms with E-state index in [1.807, 2.05) is 6.92 Å². The van der Waals surface area contributed by atoms with Crippen LogP contribution in [0.2, 0.25) is 5.02 Å². The molecule has 2 rings (SSSR count). The van der Waals surface area contributed by atoms with Crippen molar-refractivity contribution in [1.82, 2.24) is 9.78 Å². The summed E-state index contributed by atoms with van der Waals surface area (Å²) in [4.78, 5) is 12.1. The van der Waals surface area contributed by atoms with E-state index >= 15 is 0 Å². The van der Waals surface area contributed by atoms with E-state index in [2.05, 4.69) is 21.0 Å². The molecule has 108 valence electrons. The van der Waals surface area contributed by atoms with Gasteiger partial charge in [0.15, 0.2) is 0 Å². The quantitative estimate of drug-likeness (QED) is 0.767. The van der Waals surface area contributed by atoms with Gasteiger partial charge in [0.05, 0.1) is 15.9 Å². The molecule has 0 aliphatic rings. The highest BCUT2D eigenvalue weighted by molar-refractivity contribution is 9.10. The SMILES string of the molecule is Cc1cc2nn(C(=O)OC(C)(C)C)c(N)c2c(Br)c1Cl. The minimum absolute atomic E-state index is 0.197. The fourth-order valence-corrected chi connectivity index (χ4v) is 2.64. The van der Waals surface area contributed by atoms with Crippen molar-refractivity contribution in [2.24, 2.45) is 0 Å². The Morgan fingerprint density at radius 1 is 1.50 bits per heavy atom. The molecule has 2 aromatic rings. The number of benzene rings is 1. The van der Waals surface area contributed by atoms with E-state index in [1.54, 1.807) is 26.8 Å². The van der Waals surface area contributed by atoms with E-state index in [9.17, 15) is 4.79 Å². The molecule has 5 nitrogen and oxygen atoms in total. The van der Waals surface area contributed by atoms with Crippen LogP contribution >= 0.6 is 27.5 Å². The predicted molar refractivity (Wildman–Crippen MR) is 83.2 cm³/mol. The van der Waals surface area contributed by atoms with Crippen molar-refractivity contribution in [3.8, 4) is 0 Å². The van der Waals surface area contributed by atoms with Crippen LogP contribution in [0.15, 0.2) is 10.5 Å². The fraction of sp³-hybridized carbons (Fsp3) is 0.385. The summed E-state index contributed by atoms with van der Waals surface area (Å²) >= 11 is 9.56. The van der Waals surface area contributed by atoms with Gasteiger partial charge < -0.3 is 10.5 Å². The minimum Gasteiger partial charge on any atom is -0.442 e. The second kappa shape index (κ2) is 4.93. The molecule has 0 bridgehead atoms. The number of nitrogens with two attached hydrogens (primary N) is 1. The maximum atomic E-state index is 12.1. The topological polar surface area (TPSA) is 70.1 Å². The van der Waals surface area contributed by atoms with Crippen LogP contribution in [0.4, 0.5) is 10.6 Å². The first-order chi connectivity index (χ1) is 9.11. The van der Waals surface area contributed by atoms with Gasteiger partial charge in [0.1, 0.15) is 11.4 Å². The van der Waals surface area contributed by atoms with Gasteiger partial charge in [-0.1, -0.05) is 11.6 Å². The first-order valence-corrected chi connectivity index (χ1v) is 7.15. The molecule has 0 radical (unpaired) electrons. The van der Waals surface area contributed by atoms with Gasteiger partial charge >= 0.3 is 6.09 Å². The smallest absolute Gasteiger partial charge is 0.437 e. The van der Waals surface area contributed by atoms with Gasteiger partial charge in [-0.3, -0.25) is 0 Å². The molecule has 0 unspecified atom stereocenters. The molecule has 0 atom stereocenters. The summed E-state index contributed by atoms with van der Waals surface area (Å²) in [5.74, 6) is 0.197. The Labute approximate surface area is 130 Å². The van der Waals surface area contributed by atoms with Gasteiger partial charge in [-0.25, -0.2) is 4.79 Å². The van der Waals surface area contributed by atoms with Gasteiger partial charge in [0, 0.05) is 4.47 Å². The van der Waals surface area contributed by atoms with Crippen molar-refractivity contribution in [2.75, 3.05) is 5.73 Å². The molecular weight excluding hydrogens is 346 g/mol. The molecule has 0 saturated heterocycles. The number of nitrogen functional groups attached to an aromatic ring is 1. The van der Waals surface area contributed by atoms with Gasteiger partial charge in [0.2, 0.25) is 0 Å². The number of aromatic nitrogens is 2. The van der Waals surface area contributed by atoms with Crippen LogP contribution in [0, 0.1) is 6.92 Å². The molecule has 1 heterocycles. The largest absolute Gasteiger partial charge is 0.442 e. The molecule has 1 aromatic carbocycles. The highest BCUT2D eigenvalue weighted by Crippen LogP contribution is 2.37. The van der Waals surface area contributed by atoms with Crippen LogP contribution in [-0.2, 0) is 4.74 Å². The van der Waals surface area contributed by atoms with Crippen LogP contribution in [0.1, 0.15) is 26.3 Å². The Morgan fingerprint density at radius 2 is 2.10 bits per heavy atom. The summed E-state index contributed by atoms with van der Waals surface area (Å²) in [6.07, 6.45) is -0.619. The first-order valence-electron chi connectivity index (χ1n) is 5.98. The van der Waals surface area contributed by atoms with E-state index in [0.717, 1.165) is 10.2 Å². The van der Waals surface area contributed by atoms with Crippen LogP contribution in [0.5, 0.6) is 0 Å². The molecule has 0 spiro atoms. The van der Waals surface area contributed by atoms with Gasteiger partial charge in [0.25, 0.3) is 0 Å². The van der Waals surface area contributed by atoms with Crippen LogP contribution in [-0.4, -0.2) is 21.5 Å². The number of rotatable bonds is 0. The molecule has 1 aromatic heterocycles. The number of hydrogen-bond acceptors (Lipinski definition) is 4. The lowest BCUT2D eigenvalue weighted by molar-refractivity contribution is 0.0520. The fourth-order valence-electron chi connectivity index (χ4n) is 1.77. The number of carbonyl (C=O) groups excluding carboxylic acids is 1. The predicted octanol–water partition coefficient (Wildman–Crippen LogP) is 4.13. The summed E-state index contributed by atoms with van der Waals surface area (Å²) in [6.45, 7) is 7.19. The van der Waals surface area contributed by atoms with Gasteiger partial charge in [-0.15, -0.1) is 4.68 Å². The molecule has 0 aliphatic carbocycles. The number of aryl methyl sites for hydroxylation is 1. The zero-order valence-corrected chi connectivity index (χ0v) is 14.0. The third-order valence-corrected chi connectivity index (χ3v) is 4.13. The van der Waals surface area contributed by atoms with Crippen molar-refractivity contribution < 1.29 is 9.53 Å². The average molecular weight is 361 g/mol. The summed E-state index contributed by atoms with van der Waals surface area (Å²) in [5.41, 5.74) is 6.80. The Morgan fingerprint density at radius 3 is 2.65 bits per heavy atom. The second-order valence-electron chi connectivity index (χ2n) is 5.49. The summed E-state index contributed by atoms with van der Waals surface area (Å²) in [5, 5.41) is 5.34. The first kappa shape index (κ1) is 15.1. The van der Waals surface area contributed by atoms with E-state index in [1.165, 1.54) is 0 Å². The van der Waals surface area contributed by atoms with Crippen LogP contribution in [0.25, 0.3) is 10.9 Å².